The van der Waals surface area contributed by atoms with Crippen molar-refractivity contribution in [1.29, 1.82) is 0 Å². The first kappa shape index (κ1) is 16.6. The third kappa shape index (κ3) is 3.63. The first-order valence-corrected chi connectivity index (χ1v) is 7.89. The Hall–Kier alpha value is -2.24. The molecule has 1 heterocycles. The third-order valence-corrected chi connectivity index (χ3v) is 3.93. The van der Waals surface area contributed by atoms with Crippen LogP contribution >= 0.6 is 11.6 Å². The van der Waals surface area contributed by atoms with Gasteiger partial charge in [-0.3, -0.25) is 0 Å². The van der Waals surface area contributed by atoms with E-state index in [1.807, 2.05) is 31.1 Å². The van der Waals surface area contributed by atoms with Gasteiger partial charge in [-0.05, 0) is 30.3 Å². The van der Waals surface area contributed by atoms with E-state index in [-0.39, 0.29) is 19.4 Å². The summed E-state index contributed by atoms with van der Waals surface area (Å²) in [5.41, 5.74) is 3.03. The molecule has 0 saturated carbocycles. The first-order valence-electron chi connectivity index (χ1n) is 7.51. The highest BCUT2D eigenvalue weighted by Gasteiger charge is 2.18. The van der Waals surface area contributed by atoms with Gasteiger partial charge in [-0.15, -0.1) is 0 Å². The second-order valence-corrected chi connectivity index (χ2v) is 6.12. The normalized spacial score (nSPS) is 13.0. The molecular formula is C18H18ClNO4. The largest absolute Gasteiger partial charge is 0.467 e. The zero-order valence-electron chi connectivity index (χ0n) is 13.5. The number of ether oxygens (including phenoxy) is 3. The lowest BCUT2D eigenvalue weighted by Crippen LogP contribution is -2.14. The lowest BCUT2D eigenvalue weighted by molar-refractivity contribution is -0.0180. The summed E-state index contributed by atoms with van der Waals surface area (Å²) in [6.45, 7) is 0.704. The number of benzene rings is 2. The summed E-state index contributed by atoms with van der Waals surface area (Å²) in [6, 6.07) is 10.8. The van der Waals surface area contributed by atoms with Gasteiger partial charge in [-0.25, -0.2) is 4.79 Å². The summed E-state index contributed by atoms with van der Waals surface area (Å²) in [5, 5.41) is 0.559. The van der Waals surface area contributed by atoms with Crippen molar-refractivity contribution < 1.29 is 19.0 Å². The maximum atomic E-state index is 12.3. The molecule has 0 atom stereocenters. The second-order valence-electron chi connectivity index (χ2n) is 5.68. The number of carbonyl (C=O) groups excluding carboxylic acids is 1. The van der Waals surface area contributed by atoms with Crippen molar-refractivity contribution in [1.82, 2.24) is 0 Å². The molecule has 0 amide bonds. The summed E-state index contributed by atoms with van der Waals surface area (Å²) in [7, 11) is 3.84. The lowest BCUT2D eigenvalue weighted by atomic mass is 10.1. The predicted molar refractivity (Wildman–Crippen MR) is 91.6 cm³/mol. The van der Waals surface area contributed by atoms with E-state index in [2.05, 4.69) is 0 Å². The molecule has 3 rings (SSSR count). The van der Waals surface area contributed by atoms with Gasteiger partial charge in [0.25, 0.3) is 0 Å². The fraction of sp³-hybridized carbons (Fsp3) is 0.278. The maximum absolute atomic E-state index is 12.3. The van der Waals surface area contributed by atoms with Crippen molar-refractivity contribution in [2.45, 2.75) is 13.2 Å². The Labute approximate surface area is 145 Å². The molecule has 2 aromatic carbocycles. The maximum Gasteiger partial charge on any atom is 0.338 e. The van der Waals surface area contributed by atoms with E-state index in [0.717, 1.165) is 16.8 Å². The minimum absolute atomic E-state index is 0.0912. The predicted octanol–water partition coefficient (Wildman–Crippen LogP) is 3.63. The molecule has 6 heteroatoms. The zero-order chi connectivity index (χ0) is 17.1. The number of esters is 1. The Morgan fingerprint density at radius 3 is 2.92 bits per heavy atom. The van der Waals surface area contributed by atoms with E-state index < -0.39 is 0 Å². The highest BCUT2D eigenvalue weighted by Crippen LogP contribution is 2.32. The highest BCUT2D eigenvalue weighted by molar-refractivity contribution is 6.30. The Morgan fingerprint density at radius 2 is 2.12 bits per heavy atom. The third-order valence-electron chi connectivity index (χ3n) is 3.71. The molecular weight excluding hydrogens is 330 g/mol. The fourth-order valence-corrected chi connectivity index (χ4v) is 2.77. The summed E-state index contributed by atoms with van der Waals surface area (Å²) in [5.74, 6) is 0.292. The van der Waals surface area contributed by atoms with Crippen LogP contribution in [0.3, 0.4) is 0 Å². The Morgan fingerprint density at radius 1 is 1.29 bits per heavy atom. The SMILES string of the molecule is CN(C)c1cccc(C(=O)OCc2cc(Cl)cc3c2OCOC3)c1. The summed E-state index contributed by atoms with van der Waals surface area (Å²) in [4.78, 5) is 14.2. The van der Waals surface area contributed by atoms with Crippen molar-refractivity contribution in [3.8, 4) is 5.75 Å². The molecule has 24 heavy (non-hydrogen) atoms. The van der Waals surface area contributed by atoms with Crippen LogP contribution in [0.15, 0.2) is 36.4 Å². The number of nitrogens with zero attached hydrogens (tertiary/aromatic N) is 1. The van der Waals surface area contributed by atoms with Gasteiger partial charge < -0.3 is 19.1 Å². The van der Waals surface area contributed by atoms with Crippen molar-refractivity contribution in [3.63, 3.8) is 0 Å². The van der Waals surface area contributed by atoms with Crippen LogP contribution in [-0.4, -0.2) is 26.9 Å². The number of carbonyl (C=O) groups is 1. The summed E-state index contributed by atoms with van der Waals surface area (Å²) in [6.07, 6.45) is 0. The van der Waals surface area contributed by atoms with E-state index in [1.54, 1.807) is 24.3 Å². The molecule has 5 nitrogen and oxygen atoms in total. The van der Waals surface area contributed by atoms with Crippen molar-refractivity contribution in [2.24, 2.45) is 0 Å². The number of anilines is 1. The Bertz CT molecular complexity index is 761. The van der Waals surface area contributed by atoms with E-state index in [1.165, 1.54) is 0 Å². The molecule has 0 spiro atoms. The molecule has 0 aliphatic carbocycles. The van der Waals surface area contributed by atoms with Gasteiger partial charge in [0.05, 0.1) is 12.2 Å². The number of hydrogen-bond acceptors (Lipinski definition) is 5. The Balaban J connectivity index is 1.75. The fourth-order valence-electron chi connectivity index (χ4n) is 2.50. The van der Waals surface area contributed by atoms with Crippen LogP contribution < -0.4 is 9.64 Å². The molecule has 0 saturated heterocycles. The van der Waals surface area contributed by atoms with Gasteiger partial charge in [-0.1, -0.05) is 17.7 Å². The lowest BCUT2D eigenvalue weighted by Gasteiger charge is -2.21. The van der Waals surface area contributed by atoms with Gasteiger partial charge in [0.1, 0.15) is 12.4 Å². The van der Waals surface area contributed by atoms with Gasteiger partial charge >= 0.3 is 5.97 Å². The van der Waals surface area contributed by atoms with Crippen LogP contribution in [0, 0.1) is 0 Å². The number of fused-ring (bicyclic) bond motifs is 1. The van der Waals surface area contributed by atoms with Crippen molar-refractivity contribution >= 4 is 23.3 Å². The van der Waals surface area contributed by atoms with Gasteiger partial charge in [-0.2, -0.15) is 0 Å². The number of halogens is 1. The summed E-state index contributed by atoms with van der Waals surface area (Å²) >= 11 is 6.11. The number of hydrogen-bond donors (Lipinski definition) is 0. The topological polar surface area (TPSA) is 48.0 Å². The van der Waals surface area contributed by atoms with Crippen LogP contribution in [-0.2, 0) is 22.7 Å². The smallest absolute Gasteiger partial charge is 0.338 e. The Kier molecular flexibility index (Phi) is 4.92. The minimum Gasteiger partial charge on any atom is -0.467 e. The molecule has 0 radical (unpaired) electrons. The second kappa shape index (κ2) is 7.11. The van der Waals surface area contributed by atoms with E-state index in [0.29, 0.717) is 22.9 Å². The average Bonchev–Trinajstić information content (AvgIpc) is 2.59. The molecule has 0 N–H and O–H groups in total. The minimum atomic E-state index is -0.389. The monoisotopic (exact) mass is 347 g/mol. The highest BCUT2D eigenvalue weighted by atomic mass is 35.5. The van der Waals surface area contributed by atoms with Gasteiger partial charge in [0.15, 0.2) is 6.79 Å². The molecule has 0 bridgehead atoms. The molecule has 0 fully saturated rings. The van der Waals surface area contributed by atoms with Crippen LogP contribution in [0.2, 0.25) is 5.02 Å². The van der Waals surface area contributed by atoms with Crippen LogP contribution in [0.1, 0.15) is 21.5 Å². The standard InChI is InChI=1S/C18H18ClNO4/c1-20(2)16-5-3-4-12(8-16)18(21)23-10-14-7-15(19)6-13-9-22-11-24-17(13)14/h3-8H,9-11H2,1-2H3. The van der Waals surface area contributed by atoms with Gasteiger partial charge in [0.2, 0.25) is 0 Å². The zero-order valence-corrected chi connectivity index (χ0v) is 14.3. The average molecular weight is 348 g/mol. The summed E-state index contributed by atoms with van der Waals surface area (Å²) < 4.78 is 16.2. The molecule has 1 aliphatic heterocycles. The molecule has 1 aliphatic rings. The van der Waals surface area contributed by atoms with E-state index >= 15 is 0 Å². The van der Waals surface area contributed by atoms with E-state index in [4.69, 9.17) is 25.8 Å². The van der Waals surface area contributed by atoms with Crippen LogP contribution in [0.5, 0.6) is 5.75 Å². The molecule has 126 valence electrons. The molecule has 0 aromatic heterocycles. The quantitative estimate of drug-likeness (QED) is 0.790. The van der Waals surface area contributed by atoms with Crippen LogP contribution in [0.4, 0.5) is 5.69 Å². The first-order chi connectivity index (χ1) is 11.5. The molecule has 2 aromatic rings. The number of rotatable bonds is 4. The van der Waals surface area contributed by atoms with Crippen molar-refractivity contribution in [2.75, 3.05) is 25.8 Å². The molecule has 0 unspecified atom stereocenters. The van der Waals surface area contributed by atoms with Crippen LogP contribution in [0.25, 0.3) is 0 Å². The van der Waals surface area contributed by atoms with E-state index in [9.17, 15) is 4.79 Å². The van der Waals surface area contributed by atoms with Crippen molar-refractivity contribution in [3.05, 3.63) is 58.1 Å². The van der Waals surface area contributed by atoms with Gasteiger partial charge in [0, 0.05) is 35.9 Å².